The predicted molar refractivity (Wildman–Crippen MR) is 78.0 cm³/mol. The van der Waals surface area contributed by atoms with Crippen molar-refractivity contribution >= 4 is 11.6 Å². The lowest BCUT2D eigenvalue weighted by Gasteiger charge is -2.36. The van der Waals surface area contributed by atoms with Gasteiger partial charge in [0.2, 0.25) is 0 Å². The maximum Gasteiger partial charge on any atom is 0.135 e. The van der Waals surface area contributed by atoms with E-state index in [0.29, 0.717) is 0 Å². The molecule has 1 aliphatic rings. The van der Waals surface area contributed by atoms with Crippen molar-refractivity contribution in [2.75, 3.05) is 36.0 Å². The van der Waals surface area contributed by atoms with Crippen molar-refractivity contribution in [1.82, 2.24) is 19.9 Å². The zero-order chi connectivity index (χ0) is 13.9. The summed E-state index contributed by atoms with van der Waals surface area (Å²) in [5.74, 6) is 2.05. The van der Waals surface area contributed by atoms with Crippen molar-refractivity contribution in [2.24, 2.45) is 0 Å². The van der Waals surface area contributed by atoms with Gasteiger partial charge in [0.15, 0.2) is 0 Å². The number of hydrogen-bond donors (Lipinski definition) is 0. The number of anilines is 2. The fraction of sp³-hybridized carbons (Fsp3) is 0.429. The fourth-order valence-electron chi connectivity index (χ4n) is 2.46. The lowest BCUT2D eigenvalue weighted by Crippen LogP contribution is -2.47. The summed E-state index contributed by atoms with van der Waals surface area (Å²) in [6.07, 6.45) is 5.03. The molecule has 1 saturated heterocycles. The van der Waals surface area contributed by atoms with E-state index in [0.717, 1.165) is 43.5 Å². The molecule has 1 aliphatic heterocycles. The summed E-state index contributed by atoms with van der Waals surface area (Å²) in [5, 5.41) is 0. The van der Waals surface area contributed by atoms with Crippen molar-refractivity contribution in [3.63, 3.8) is 0 Å². The minimum atomic E-state index is 0.944. The SMILES string of the molecule is Cc1ncnc(N2CCN(c3ccncn3)CC2)c1C. The maximum atomic E-state index is 4.43. The smallest absolute Gasteiger partial charge is 0.135 e. The molecule has 3 rings (SSSR count). The Kier molecular flexibility index (Phi) is 3.45. The highest BCUT2D eigenvalue weighted by Gasteiger charge is 2.20. The van der Waals surface area contributed by atoms with Crippen LogP contribution in [-0.2, 0) is 0 Å². The van der Waals surface area contributed by atoms with Crippen LogP contribution < -0.4 is 9.80 Å². The molecule has 20 heavy (non-hydrogen) atoms. The first-order valence-corrected chi connectivity index (χ1v) is 6.80. The Labute approximate surface area is 118 Å². The lowest BCUT2D eigenvalue weighted by molar-refractivity contribution is 0.638. The van der Waals surface area contributed by atoms with Gasteiger partial charge in [0.05, 0.1) is 0 Å². The first kappa shape index (κ1) is 12.8. The summed E-state index contributed by atoms with van der Waals surface area (Å²) in [6.45, 7) is 7.89. The number of rotatable bonds is 2. The molecule has 0 saturated carbocycles. The van der Waals surface area contributed by atoms with E-state index in [9.17, 15) is 0 Å². The molecule has 0 bridgehead atoms. The molecule has 0 unspecified atom stereocenters. The van der Waals surface area contributed by atoms with Crippen LogP contribution in [0.25, 0.3) is 0 Å². The molecule has 0 amide bonds. The number of piperazine rings is 1. The number of hydrogen-bond acceptors (Lipinski definition) is 6. The lowest BCUT2D eigenvalue weighted by atomic mass is 10.2. The van der Waals surface area contributed by atoms with Crippen LogP contribution in [-0.4, -0.2) is 46.1 Å². The van der Waals surface area contributed by atoms with Gasteiger partial charge in [-0.1, -0.05) is 0 Å². The van der Waals surface area contributed by atoms with E-state index in [4.69, 9.17) is 0 Å². The zero-order valence-electron chi connectivity index (χ0n) is 11.8. The second-order valence-corrected chi connectivity index (χ2v) is 4.95. The topological polar surface area (TPSA) is 58.0 Å². The molecule has 6 nitrogen and oxygen atoms in total. The molecule has 2 aromatic heterocycles. The van der Waals surface area contributed by atoms with Gasteiger partial charge in [-0.25, -0.2) is 19.9 Å². The second-order valence-electron chi connectivity index (χ2n) is 4.95. The van der Waals surface area contributed by atoms with Crippen LogP contribution in [0.15, 0.2) is 24.9 Å². The molecule has 0 spiro atoms. The van der Waals surface area contributed by atoms with Gasteiger partial charge in [-0.3, -0.25) is 0 Å². The van der Waals surface area contributed by atoms with Crippen LogP contribution >= 0.6 is 0 Å². The summed E-state index contributed by atoms with van der Waals surface area (Å²) in [4.78, 5) is 21.5. The highest BCUT2D eigenvalue weighted by molar-refractivity contribution is 5.49. The molecule has 0 radical (unpaired) electrons. The summed E-state index contributed by atoms with van der Waals surface area (Å²) >= 11 is 0. The number of aromatic nitrogens is 4. The van der Waals surface area contributed by atoms with Crippen LogP contribution in [0, 0.1) is 13.8 Å². The van der Waals surface area contributed by atoms with Crippen molar-refractivity contribution < 1.29 is 0 Å². The first-order chi connectivity index (χ1) is 9.75. The molecule has 0 aliphatic carbocycles. The summed E-state index contributed by atoms with van der Waals surface area (Å²) < 4.78 is 0. The van der Waals surface area contributed by atoms with Crippen LogP contribution in [0.2, 0.25) is 0 Å². The standard InChI is InChI=1S/C14H18N6/c1-11-12(2)16-10-18-14(11)20-7-5-19(6-8-20)13-3-4-15-9-17-13/h3-4,9-10H,5-8H2,1-2H3. The van der Waals surface area contributed by atoms with Gasteiger partial charge in [0.1, 0.15) is 24.3 Å². The van der Waals surface area contributed by atoms with E-state index in [-0.39, 0.29) is 0 Å². The van der Waals surface area contributed by atoms with Gasteiger partial charge in [0, 0.05) is 43.6 Å². The fourth-order valence-corrected chi connectivity index (χ4v) is 2.46. The molecule has 0 atom stereocenters. The Morgan fingerprint density at radius 3 is 2.35 bits per heavy atom. The third-order valence-electron chi connectivity index (χ3n) is 3.78. The molecular formula is C14H18N6. The highest BCUT2D eigenvalue weighted by atomic mass is 15.3. The van der Waals surface area contributed by atoms with E-state index in [1.165, 1.54) is 5.56 Å². The monoisotopic (exact) mass is 270 g/mol. The summed E-state index contributed by atoms with van der Waals surface area (Å²) in [7, 11) is 0. The van der Waals surface area contributed by atoms with Crippen LogP contribution in [0.5, 0.6) is 0 Å². The summed E-state index contributed by atoms with van der Waals surface area (Å²) in [6, 6.07) is 1.95. The van der Waals surface area contributed by atoms with E-state index in [2.05, 4.69) is 36.7 Å². The molecule has 0 aromatic carbocycles. The minimum Gasteiger partial charge on any atom is -0.353 e. The Hall–Kier alpha value is -2.24. The summed E-state index contributed by atoms with van der Waals surface area (Å²) in [5.41, 5.74) is 2.22. The van der Waals surface area contributed by atoms with Crippen LogP contribution in [0.1, 0.15) is 11.3 Å². The molecule has 0 N–H and O–H groups in total. The van der Waals surface area contributed by atoms with Gasteiger partial charge >= 0.3 is 0 Å². The second kappa shape index (κ2) is 5.40. The Balaban J connectivity index is 1.71. The highest BCUT2D eigenvalue weighted by Crippen LogP contribution is 2.21. The van der Waals surface area contributed by atoms with Gasteiger partial charge in [0.25, 0.3) is 0 Å². The Bertz CT molecular complexity index is 577. The predicted octanol–water partition coefficient (Wildman–Crippen LogP) is 1.21. The molecular weight excluding hydrogens is 252 g/mol. The number of nitrogens with zero attached hydrogens (tertiary/aromatic N) is 6. The average Bonchev–Trinajstić information content (AvgIpc) is 2.51. The van der Waals surface area contributed by atoms with E-state index >= 15 is 0 Å². The normalized spacial score (nSPS) is 15.5. The largest absolute Gasteiger partial charge is 0.353 e. The van der Waals surface area contributed by atoms with Crippen LogP contribution in [0.4, 0.5) is 11.6 Å². The Morgan fingerprint density at radius 2 is 1.65 bits per heavy atom. The zero-order valence-corrected chi connectivity index (χ0v) is 11.8. The molecule has 6 heteroatoms. The quantitative estimate of drug-likeness (QED) is 0.817. The third kappa shape index (κ3) is 2.41. The average molecular weight is 270 g/mol. The van der Waals surface area contributed by atoms with Crippen molar-refractivity contribution in [2.45, 2.75) is 13.8 Å². The van der Waals surface area contributed by atoms with Gasteiger partial charge in [-0.05, 0) is 19.9 Å². The number of aryl methyl sites for hydroxylation is 1. The van der Waals surface area contributed by atoms with Crippen molar-refractivity contribution in [1.29, 1.82) is 0 Å². The van der Waals surface area contributed by atoms with E-state index in [1.807, 2.05) is 13.0 Å². The van der Waals surface area contributed by atoms with Crippen molar-refractivity contribution in [3.8, 4) is 0 Å². The van der Waals surface area contributed by atoms with Crippen LogP contribution in [0.3, 0.4) is 0 Å². The van der Waals surface area contributed by atoms with E-state index < -0.39 is 0 Å². The van der Waals surface area contributed by atoms with E-state index in [1.54, 1.807) is 18.9 Å². The maximum absolute atomic E-state index is 4.43. The van der Waals surface area contributed by atoms with Gasteiger partial charge < -0.3 is 9.80 Å². The molecule has 104 valence electrons. The molecule has 3 heterocycles. The van der Waals surface area contributed by atoms with Crippen molar-refractivity contribution in [3.05, 3.63) is 36.2 Å². The Morgan fingerprint density at radius 1 is 0.900 bits per heavy atom. The molecule has 1 fully saturated rings. The third-order valence-corrected chi connectivity index (χ3v) is 3.78. The minimum absolute atomic E-state index is 0.944. The van der Waals surface area contributed by atoms with Gasteiger partial charge in [-0.2, -0.15) is 0 Å². The van der Waals surface area contributed by atoms with Gasteiger partial charge in [-0.15, -0.1) is 0 Å². The first-order valence-electron chi connectivity index (χ1n) is 6.80. The molecule has 2 aromatic rings.